The van der Waals surface area contributed by atoms with Gasteiger partial charge in [-0.15, -0.1) is 0 Å². The number of nitrogens with zero attached hydrogens (tertiary/aromatic N) is 2. The summed E-state index contributed by atoms with van der Waals surface area (Å²) in [6.07, 6.45) is 2.83. The molecule has 0 spiro atoms. The van der Waals surface area contributed by atoms with Gasteiger partial charge in [-0.2, -0.15) is 0 Å². The molecule has 2 heterocycles. The van der Waals surface area contributed by atoms with Crippen molar-refractivity contribution in [3.8, 4) is 5.75 Å². The van der Waals surface area contributed by atoms with Crippen molar-refractivity contribution in [2.45, 2.75) is 40.3 Å². The molecule has 2 rings (SSSR count). The first-order valence-corrected chi connectivity index (χ1v) is 7.14. The number of aryl methyl sites for hydroxylation is 1. The number of hydrogen-bond donors (Lipinski definition) is 1. The van der Waals surface area contributed by atoms with Gasteiger partial charge in [-0.05, 0) is 25.2 Å². The van der Waals surface area contributed by atoms with Crippen molar-refractivity contribution in [2.75, 3.05) is 13.1 Å². The van der Waals surface area contributed by atoms with Crippen LogP contribution >= 0.6 is 0 Å². The fourth-order valence-corrected chi connectivity index (χ4v) is 3.18. The lowest BCUT2D eigenvalue weighted by Gasteiger charge is -2.35. The van der Waals surface area contributed by atoms with E-state index in [1.807, 2.05) is 11.5 Å². The molecule has 0 amide bonds. The Morgan fingerprint density at radius 1 is 1.32 bits per heavy atom. The summed E-state index contributed by atoms with van der Waals surface area (Å²) >= 11 is 0. The highest BCUT2D eigenvalue weighted by Gasteiger charge is 2.22. The van der Waals surface area contributed by atoms with E-state index in [-0.39, 0.29) is 11.2 Å². The Morgan fingerprint density at radius 2 is 1.95 bits per heavy atom. The summed E-state index contributed by atoms with van der Waals surface area (Å²) in [5.41, 5.74) is 0.712. The number of likely N-dealkylation sites (tertiary alicyclic amines) is 1. The number of piperidine rings is 1. The minimum atomic E-state index is -0.280. The lowest BCUT2D eigenvalue weighted by molar-refractivity contribution is 0.131. The molecule has 2 unspecified atom stereocenters. The number of pyridine rings is 1. The number of rotatable bonds is 3. The molecule has 2 atom stereocenters. The number of aromatic nitrogens is 1. The Hall–Kier alpha value is -1.29. The molecule has 1 N–H and O–H groups in total. The Labute approximate surface area is 114 Å². The maximum Gasteiger partial charge on any atom is 0.223 e. The van der Waals surface area contributed by atoms with E-state index in [0.29, 0.717) is 11.8 Å². The van der Waals surface area contributed by atoms with E-state index in [2.05, 4.69) is 18.7 Å². The summed E-state index contributed by atoms with van der Waals surface area (Å²) in [4.78, 5) is 14.0. The zero-order valence-electron chi connectivity index (χ0n) is 12.1. The van der Waals surface area contributed by atoms with Crippen LogP contribution in [-0.4, -0.2) is 27.7 Å². The molecule has 106 valence electrons. The third-order valence-corrected chi connectivity index (χ3v) is 3.87. The third-order valence-electron chi connectivity index (χ3n) is 3.87. The molecule has 1 saturated heterocycles. The van der Waals surface area contributed by atoms with Crippen molar-refractivity contribution in [3.63, 3.8) is 0 Å². The molecule has 0 aliphatic carbocycles. The largest absolute Gasteiger partial charge is 0.503 e. The van der Waals surface area contributed by atoms with E-state index < -0.39 is 0 Å². The van der Waals surface area contributed by atoms with Crippen molar-refractivity contribution < 1.29 is 5.11 Å². The summed E-state index contributed by atoms with van der Waals surface area (Å²) in [6.45, 7) is 10.3. The number of hydrogen-bond acceptors (Lipinski definition) is 3. The van der Waals surface area contributed by atoms with Gasteiger partial charge in [-0.1, -0.05) is 13.8 Å². The first-order valence-electron chi connectivity index (χ1n) is 7.14. The molecule has 1 aromatic rings. The lowest BCUT2D eigenvalue weighted by Crippen LogP contribution is -2.38. The van der Waals surface area contributed by atoms with E-state index in [4.69, 9.17) is 0 Å². The summed E-state index contributed by atoms with van der Waals surface area (Å²) in [6, 6.07) is 1.57. The van der Waals surface area contributed by atoms with Crippen LogP contribution in [0.1, 0.15) is 32.9 Å². The van der Waals surface area contributed by atoms with Gasteiger partial charge >= 0.3 is 0 Å². The van der Waals surface area contributed by atoms with Gasteiger partial charge in [0.25, 0.3) is 0 Å². The van der Waals surface area contributed by atoms with Gasteiger partial charge in [0.2, 0.25) is 5.43 Å². The topological polar surface area (TPSA) is 45.5 Å². The van der Waals surface area contributed by atoms with Crippen LogP contribution in [0.3, 0.4) is 0 Å². The minimum Gasteiger partial charge on any atom is -0.503 e. The van der Waals surface area contributed by atoms with Gasteiger partial charge < -0.3 is 9.67 Å². The molecule has 0 aromatic carbocycles. The maximum absolute atomic E-state index is 11.6. The Balaban J connectivity index is 2.18. The van der Waals surface area contributed by atoms with Crippen molar-refractivity contribution in [1.82, 2.24) is 9.47 Å². The first-order chi connectivity index (χ1) is 8.99. The van der Waals surface area contributed by atoms with Gasteiger partial charge in [-0.25, -0.2) is 0 Å². The van der Waals surface area contributed by atoms with Crippen LogP contribution in [0.5, 0.6) is 5.75 Å². The molecule has 1 fully saturated rings. The van der Waals surface area contributed by atoms with E-state index in [9.17, 15) is 9.90 Å². The second-order valence-corrected chi connectivity index (χ2v) is 5.94. The Kier molecular flexibility index (Phi) is 4.30. The van der Waals surface area contributed by atoms with Gasteiger partial charge in [0.1, 0.15) is 0 Å². The minimum absolute atomic E-state index is 0.161. The predicted octanol–water partition coefficient (Wildman–Crippen LogP) is 2.05. The number of aromatic hydroxyl groups is 1. The van der Waals surface area contributed by atoms with Crippen LogP contribution in [0, 0.1) is 11.8 Å². The highest BCUT2D eigenvalue weighted by molar-refractivity contribution is 5.20. The maximum atomic E-state index is 11.6. The normalized spacial score (nSPS) is 24.6. The predicted molar refractivity (Wildman–Crippen MR) is 76.3 cm³/mol. The molecule has 0 radical (unpaired) electrons. The second kappa shape index (κ2) is 5.78. The SMILES string of the molecule is CCn1cc(O)c(=O)cc1CN1CC(C)CC(C)C1. The van der Waals surface area contributed by atoms with Crippen LogP contribution in [-0.2, 0) is 13.1 Å². The van der Waals surface area contributed by atoms with Crippen LogP contribution in [0.2, 0.25) is 0 Å². The average molecular weight is 264 g/mol. The molecule has 1 aliphatic heterocycles. The van der Waals surface area contributed by atoms with E-state index >= 15 is 0 Å². The molecule has 0 saturated carbocycles. The van der Waals surface area contributed by atoms with E-state index in [1.54, 1.807) is 12.3 Å². The van der Waals surface area contributed by atoms with Crippen molar-refractivity contribution in [1.29, 1.82) is 0 Å². The van der Waals surface area contributed by atoms with Gasteiger partial charge in [0.05, 0.1) is 6.20 Å². The van der Waals surface area contributed by atoms with Gasteiger partial charge in [-0.3, -0.25) is 9.69 Å². The average Bonchev–Trinajstić information content (AvgIpc) is 2.32. The standard InChI is InChI=1S/C15H24N2O2/c1-4-17-10-15(19)14(18)6-13(17)9-16-7-11(2)5-12(3)8-16/h6,10-12,19H,4-5,7-9H2,1-3H3. The lowest BCUT2D eigenvalue weighted by atomic mass is 9.92. The highest BCUT2D eigenvalue weighted by Crippen LogP contribution is 2.22. The quantitative estimate of drug-likeness (QED) is 0.909. The monoisotopic (exact) mass is 264 g/mol. The van der Waals surface area contributed by atoms with Crippen molar-refractivity contribution in [3.05, 3.63) is 28.2 Å². The molecule has 1 aliphatic rings. The summed E-state index contributed by atoms with van der Waals surface area (Å²) < 4.78 is 1.96. The fourth-order valence-electron chi connectivity index (χ4n) is 3.18. The highest BCUT2D eigenvalue weighted by atomic mass is 16.3. The van der Waals surface area contributed by atoms with Crippen LogP contribution < -0.4 is 5.43 Å². The third kappa shape index (κ3) is 3.38. The molecule has 0 bridgehead atoms. The molecular weight excluding hydrogens is 240 g/mol. The first kappa shape index (κ1) is 14.1. The van der Waals surface area contributed by atoms with Crippen molar-refractivity contribution in [2.24, 2.45) is 11.8 Å². The molecule has 19 heavy (non-hydrogen) atoms. The zero-order valence-corrected chi connectivity index (χ0v) is 12.1. The van der Waals surface area contributed by atoms with Gasteiger partial charge in [0, 0.05) is 37.9 Å². The Bertz CT molecular complexity index is 485. The van der Waals surface area contributed by atoms with E-state index in [0.717, 1.165) is 31.9 Å². The van der Waals surface area contributed by atoms with E-state index in [1.165, 1.54) is 6.42 Å². The summed E-state index contributed by atoms with van der Waals surface area (Å²) in [7, 11) is 0. The van der Waals surface area contributed by atoms with Crippen molar-refractivity contribution >= 4 is 0 Å². The smallest absolute Gasteiger partial charge is 0.223 e. The summed E-state index contributed by atoms with van der Waals surface area (Å²) in [5, 5.41) is 9.50. The molecular formula is C15H24N2O2. The fraction of sp³-hybridized carbons (Fsp3) is 0.667. The zero-order chi connectivity index (χ0) is 14.0. The Morgan fingerprint density at radius 3 is 2.53 bits per heavy atom. The van der Waals surface area contributed by atoms with Crippen LogP contribution in [0.4, 0.5) is 0 Å². The summed E-state index contributed by atoms with van der Waals surface area (Å²) in [5.74, 6) is 1.26. The van der Waals surface area contributed by atoms with Gasteiger partial charge in [0.15, 0.2) is 5.75 Å². The van der Waals surface area contributed by atoms with Crippen LogP contribution in [0.15, 0.2) is 17.1 Å². The molecule has 1 aromatic heterocycles. The second-order valence-electron chi connectivity index (χ2n) is 5.94. The molecule has 4 nitrogen and oxygen atoms in total. The molecule has 4 heteroatoms. The van der Waals surface area contributed by atoms with Crippen LogP contribution in [0.25, 0.3) is 0 Å².